The molecule has 0 aliphatic rings. The second-order valence-corrected chi connectivity index (χ2v) is 6.63. The minimum absolute atomic E-state index is 0.114. The number of aromatic nitrogens is 2. The Labute approximate surface area is 168 Å². The predicted molar refractivity (Wildman–Crippen MR) is 106 cm³/mol. The van der Waals surface area contributed by atoms with Crippen molar-refractivity contribution in [3.8, 4) is 0 Å². The number of nitro groups is 2. The zero-order chi connectivity index (χ0) is 20.8. The summed E-state index contributed by atoms with van der Waals surface area (Å²) >= 11 is 1.07. The average molecular weight is 408 g/mol. The Kier molecular flexibility index (Phi) is 6.05. The quantitative estimate of drug-likeness (QED) is 0.186. The van der Waals surface area contributed by atoms with Crippen LogP contribution < -0.4 is 0 Å². The highest BCUT2D eigenvalue weighted by molar-refractivity contribution is 7.99. The molecule has 9 nitrogen and oxygen atoms in total. The van der Waals surface area contributed by atoms with E-state index in [1.165, 1.54) is 42.5 Å². The molecule has 0 N–H and O–H groups in total. The van der Waals surface area contributed by atoms with Crippen molar-refractivity contribution < 1.29 is 14.6 Å². The molecular formula is C19H12N4O5S. The van der Waals surface area contributed by atoms with Crippen molar-refractivity contribution in [3.63, 3.8) is 0 Å². The lowest BCUT2D eigenvalue weighted by molar-refractivity contribution is -0.387. The monoisotopic (exact) mass is 408 g/mol. The third-order valence-electron chi connectivity index (χ3n) is 3.71. The van der Waals surface area contributed by atoms with Gasteiger partial charge in [0.05, 0.1) is 14.7 Å². The molecule has 10 heteroatoms. The number of hydrogen-bond acceptors (Lipinski definition) is 8. The van der Waals surface area contributed by atoms with Crippen LogP contribution in [0.15, 0.2) is 77.1 Å². The highest BCUT2D eigenvalue weighted by atomic mass is 32.2. The van der Waals surface area contributed by atoms with Crippen LogP contribution in [-0.2, 0) is 0 Å². The molecule has 0 saturated heterocycles. The van der Waals surface area contributed by atoms with Gasteiger partial charge in [-0.15, -0.1) is 0 Å². The first-order chi connectivity index (χ1) is 13.9. The molecule has 0 aliphatic carbocycles. The zero-order valence-electron chi connectivity index (χ0n) is 14.7. The van der Waals surface area contributed by atoms with Crippen molar-refractivity contribution in [3.05, 3.63) is 98.4 Å². The van der Waals surface area contributed by atoms with Gasteiger partial charge >= 0.3 is 0 Å². The number of allylic oxidation sites excluding steroid dienone is 1. The van der Waals surface area contributed by atoms with Crippen LogP contribution in [0.4, 0.5) is 11.4 Å². The minimum atomic E-state index is -0.552. The maximum absolute atomic E-state index is 12.2. The molecule has 0 fully saturated rings. The van der Waals surface area contributed by atoms with Gasteiger partial charge in [0.1, 0.15) is 0 Å². The molecule has 29 heavy (non-hydrogen) atoms. The number of nitro benzene ring substituents is 2. The van der Waals surface area contributed by atoms with Crippen molar-refractivity contribution in [1.82, 2.24) is 9.97 Å². The Bertz CT molecular complexity index is 1100. The number of non-ortho nitro benzene ring substituents is 1. The molecule has 144 valence electrons. The maximum atomic E-state index is 12.2. The zero-order valence-corrected chi connectivity index (χ0v) is 15.5. The van der Waals surface area contributed by atoms with Crippen molar-refractivity contribution in [1.29, 1.82) is 0 Å². The van der Waals surface area contributed by atoms with Crippen LogP contribution in [0.1, 0.15) is 15.9 Å². The fraction of sp³-hybridized carbons (Fsp3) is 0. The van der Waals surface area contributed by atoms with Gasteiger partial charge in [0, 0.05) is 36.2 Å². The molecule has 3 aromatic rings. The van der Waals surface area contributed by atoms with Crippen LogP contribution in [0, 0.1) is 20.2 Å². The van der Waals surface area contributed by atoms with Crippen LogP contribution >= 0.6 is 11.8 Å². The van der Waals surface area contributed by atoms with Gasteiger partial charge in [-0.25, -0.2) is 9.97 Å². The number of hydrogen-bond donors (Lipinski definition) is 0. The Morgan fingerprint density at radius 3 is 2.28 bits per heavy atom. The lowest BCUT2D eigenvalue weighted by Gasteiger charge is -2.03. The summed E-state index contributed by atoms with van der Waals surface area (Å²) in [6.45, 7) is 0. The van der Waals surface area contributed by atoms with Gasteiger partial charge < -0.3 is 0 Å². The normalized spacial score (nSPS) is 10.8. The fourth-order valence-electron chi connectivity index (χ4n) is 2.32. The Balaban J connectivity index is 1.79. The van der Waals surface area contributed by atoms with Gasteiger partial charge in [0.25, 0.3) is 11.4 Å². The minimum Gasteiger partial charge on any atom is -0.289 e. The second kappa shape index (κ2) is 8.85. The molecular weight excluding hydrogens is 396 g/mol. The van der Waals surface area contributed by atoms with E-state index in [-0.39, 0.29) is 22.7 Å². The second-order valence-electron chi connectivity index (χ2n) is 5.62. The van der Waals surface area contributed by atoms with Gasteiger partial charge in [0.15, 0.2) is 10.9 Å². The molecule has 1 heterocycles. The first-order valence-electron chi connectivity index (χ1n) is 8.14. The molecule has 0 radical (unpaired) electrons. The van der Waals surface area contributed by atoms with E-state index in [0.717, 1.165) is 11.8 Å². The lowest BCUT2D eigenvalue weighted by atomic mass is 10.1. The van der Waals surface area contributed by atoms with E-state index in [1.807, 2.05) is 0 Å². The van der Waals surface area contributed by atoms with Crippen LogP contribution in [0.3, 0.4) is 0 Å². The van der Waals surface area contributed by atoms with Gasteiger partial charge in [-0.2, -0.15) is 0 Å². The summed E-state index contributed by atoms with van der Waals surface area (Å²) in [5.74, 6) is -0.376. The first kappa shape index (κ1) is 19.8. The van der Waals surface area contributed by atoms with Crippen LogP contribution in [0.5, 0.6) is 0 Å². The number of benzene rings is 2. The van der Waals surface area contributed by atoms with E-state index in [9.17, 15) is 25.0 Å². The van der Waals surface area contributed by atoms with Crippen LogP contribution in [0.25, 0.3) is 6.08 Å². The lowest BCUT2D eigenvalue weighted by Crippen LogP contribution is -1.96. The number of carbonyl (C=O) groups excluding carboxylic acids is 1. The Morgan fingerprint density at radius 2 is 1.66 bits per heavy atom. The standard InChI is InChI=1S/C19H12N4O5S/c24-17(14-4-6-15(7-5-14)22(25)26)8-2-13-3-9-18(16(12-13)23(27)28)29-19-20-10-1-11-21-19/h1-12H. The van der Waals surface area contributed by atoms with Gasteiger partial charge in [0.2, 0.25) is 0 Å². The molecule has 0 spiro atoms. The average Bonchev–Trinajstić information content (AvgIpc) is 2.73. The van der Waals surface area contributed by atoms with E-state index in [2.05, 4.69) is 9.97 Å². The molecule has 0 aliphatic heterocycles. The SMILES string of the molecule is O=C(C=Cc1ccc(Sc2ncccn2)c([N+](=O)[O-])c1)c1ccc([N+](=O)[O-])cc1. The van der Waals surface area contributed by atoms with Crippen molar-refractivity contribution in [2.45, 2.75) is 10.1 Å². The molecule has 1 aromatic heterocycles. The molecule has 0 atom stereocenters. The van der Waals surface area contributed by atoms with E-state index in [4.69, 9.17) is 0 Å². The third-order valence-corrected chi connectivity index (χ3v) is 4.67. The number of rotatable bonds is 7. The molecule has 0 amide bonds. The molecule has 0 bridgehead atoms. The topological polar surface area (TPSA) is 129 Å². The number of ketones is 1. The Hall–Kier alpha value is -3.92. The third kappa shape index (κ3) is 5.08. The molecule has 2 aromatic carbocycles. The molecule has 3 rings (SSSR count). The van der Waals surface area contributed by atoms with E-state index in [1.54, 1.807) is 30.6 Å². The fourth-order valence-corrected chi connectivity index (χ4v) is 3.12. The van der Waals surface area contributed by atoms with Crippen LogP contribution in [-0.4, -0.2) is 25.6 Å². The number of carbonyl (C=O) groups is 1. The summed E-state index contributed by atoms with van der Waals surface area (Å²) in [5.41, 5.74) is 0.490. The summed E-state index contributed by atoms with van der Waals surface area (Å²) < 4.78 is 0. The van der Waals surface area contributed by atoms with Gasteiger partial charge in [-0.05, 0) is 47.7 Å². The smallest absolute Gasteiger partial charge is 0.283 e. The number of nitrogens with zero attached hydrogens (tertiary/aromatic N) is 4. The highest BCUT2D eigenvalue weighted by Crippen LogP contribution is 2.33. The van der Waals surface area contributed by atoms with E-state index >= 15 is 0 Å². The summed E-state index contributed by atoms with van der Waals surface area (Å²) in [4.78, 5) is 41.7. The van der Waals surface area contributed by atoms with Gasteiger partial charge in [-0.3, -0.25) is 25.0 Å². The summed E-state index contributed by atoms with van der Waals surface area (Å²) in [5, 5.41) is 22.5. The van der Waals surface area contributed by atoms with Gasteiger partial charge in [-0.1, -0.05) is 12.1 Å². The summed E-state index contributed by atoms with van der Waals surface area (Å²) in [6, 6.07) is 11.4. The van der Waals surface area contributed by atoms with E-state index < -0.39 is 9.85 Å². The summed E-state index contributed by atoms with van der Waals surface area (Å²) in [7, 11) is 0. The highest BCUT2D eigenvalue weighted by Gasteiger charge is 2.16. The van der Waals surface area contributed by atoms with E-state index in [0.29, 0.717) is 15.6 Å². The molecule has 0 unspecified atom stereocenters. The van der Waals surface area contributed by atoms with Crippen LogP contribution in [0.2, 0.25) is 0 Å². The first-order valence-corrected chi connectivity index (χ1v) is 8.96. The Morgan fingerprint density at radius 1 is 0.966 bits per heavy atom. The van der Waals surface area contributed by atoms with Crippen molar-refractivity contribution in [2.24, 2.45) is 0 Å². The van der Waals surface area contributed by atoms with Crippen molar-refractivity contribution >= 4 is 35.0 Å². The maximum Gasteiger partial charge on any atom is 0.283 e. The molecule has 0 saturated carbocycles. The summed E-state index contributed by atoms with van der Waals surface area (Å²) in [6.07, 6.45) is 5.79. The predicted octanol–water partition coefficient (Wildman–Crippen LogP) is 4.34. The largest absolute Gasteiger partial charge is 0.289 e. The van der Waals surface area contributed by atoms with Crippen molar-refractivity contribution in [2.75, 3.05) is 0 Å².